The summed E-state index contributed by atoms with van der Waals surface area (Å²) in [4.78, 5) is 3.69. The third-order valence-corrected chi connectivity index (χ3v) is 5.00. The fraction of sp³-hybridized carbons (Fsp3) is 0.391. The Morgan fingerprint density at radius 2 is 1.73 bits per heavy atom. The molecule has 1 aromatic heterocycles. The lowest BCUT2D eigenvalue weighted by molar-refractivity contribution is 0.340. The van der Waals surface area contributed by atoms with E-state index in [0.29, 0.717) is 6.61 Å². The molecule has 0 bridgehead atoms. The maximum atomic E-state index is 5.74. The van der Waals surface area contributed by atoms with Crippen molar-refractivity contribution in [3.63, 3.8) is 0 Å². The molecular weight excluding hydrogens is 320 g/mol. The van der Waals surface area contributed by atoms with Gasteiger partial charge in [-0.25, -0.2) is 0 Å². The first-order chi connectivity index (χ1) is 12.5. The predicted octanol–water partition coefficient (Wildman–Crippen LogP) is 5.44. The van der Waals surface area contributed by atoms with Crippen molar-refractivity contribution in [2.45, 2.75) is 47.0 Å². The maximum Gasteiger partial charge on any atom is 0.120 e. The Morgan fingerprint density at radius 1 is 1.00 bits per heavy atom. The summed E-state index contributed by atoms with van der Waals surface area (Å²) in [6.07, 6.45) is 3.16. The molecule has 26 heavy (non-hydrogen) atoms. The number of aromatic amines is 1. The summed E-state index contributed by atoms with van der Waals surface area (Å²) in [6.45, 7) is 10.0. The molecule has 0 spiro atoms. The lowest BCUT2D eigenvalue weighted by atomic mass is 9.93. The third kappa shape index (κ3) is 3.63. The van der Waals surface area contributed by atoms with Crippen molar-refractivity contribution in [3.8, 4) is 17.0 Å². The van der Waals surface area contributed by atoms with Crippen molar-refractivity contribution >= 4 is 10.9 Å². The van der Waals surface area contributed by atoms with Gasteiger partial charge in [0.15, 0.2) is 0 Å². The molecule has 2 aromatic carbocycles. The Hall–Kier alpha value is -2.26. The summed E-state index contributed by atoms with van der Waals surface area (Å²) >= 11 is 0. The SMILES string of the molecule is CCOc1ccc2[nH]c(-c3c(C)cc(C)cc3C)c(CCCCN)c2c1. The van der Waals surface area contributed by atoms with Crippen molar-refractivity contribution in [1.82, 2.24) is 4.98 Å². The monoisotopic (exact) mass is 350 g/mol. The van der Waals surface area contributed by atoms with Gasteiger partial charge in [0, 0.05) is 16.5 Å². The van der Waals surface area contributed by atoms with E-state index in [4.69, 9.17) is 10.5 Å². The Balaban J connectivity index is 2.19. The van der Waals surface area contributed by atoms with Gasteiger partial charge in [-0.15, -0.1) is 0 Å². The smallest absolute Gasteiger partial charge is 0.120 e. The van der Waals surface area contributed by atoms with Gasteiger partial charge in [-0.1, -0.05) is 17.7 Å². The van der Waals surface area contributed by atoms with E-state index >= 15 is 0 Å². The number of aryl methyl sites for hydroxylation is 4. The van der Waals surface area contributed by atoms with Crippen LogP contribution in [0.3, 0.4) is 0 Å². The maximum absolute atomic E-state index is 5.74. The largest absolute Gasteiger partial charge is 0.494 e. The topological polar surface area (TPSA) is 51.0 Å². The molecule has 0 aliphatic carbocycles. The highest BCUT2D eigenvalue weighted by Crippen LogP contribution is 2.37. The van der Waals surface area contributed by atoms with Gasteiger partial charge < -0.3 is 15.5 Å². The van der Waals surface area contributed by atoms with E-state index in [-0.39, 0.29) is 0 Å². The second-order valence-corrected chi connectivity index (χ2v) is 7.14. The van der Waals surface area contributed by atoms with E-state index in [1.807, 2.05) is 13.0 Å². The molecule has 1 heterocycles. The molecule has 0 aliphatic rings. The van der Waals surface area contributed by atoms with E-state index in [9.17, 15) is 0 Å². The Labute approximate surface area is 156 Å². The second kappa shape index (κ2) is 7.96. The van der Waals surface area contributed by atoms with Gasteiger partial charge in [-0.3, -0.25) is 0 Å². The highest BCUT2D eigenvalue weighted by atomic mass is 16.5. The number of hydrogen-bond donors (Lipinski definition) is 2. The van der Waals surface area contributed by atoms with E-state index in [0.717, 1.165) is 31.6 Å². The van der Waals surface area contributed by atoms with Crippen molar-refractivity contribution < 1.29 is 4.74 Å². The van der Waals surface area contributed by atoms with Gasteiger partial charge in [-0.2, -0.15) is 0 Å². The number of nitrogens with two attached hydrogens (primary N) is 1. The van der Waals surface area contributed by atoms with Crippen LogP contribution in [0, 0.1) is 20.8 Å². The minimum Gasteiger partial charge on any atom is -0.494 e. The van der Waals surface area contributed by atoms with Crippen LogP contribution in [0.2, 0.25) is 0 Å². The van der Waals surface area contributed by atoms with Crippen LogP contribution in [0.1, 0.15) is 42.0 Å². The summed E-state index contributed by atoms with van der Waals surface area (Å²) < 4.78 is 5.74. The van der Waals surface area contributed by atoms with Gasteiger partial charge in [0.2, 0.25) is 0 Å². The summed E-state index contributed by atoms with van der Waals surface area (Å²) in [5.41, 5.74) is 14.8. The number of H-pyrrole nitrogens is 1. The van der Waals surface area contributed by atoms with Crippen LogP contribution in [-0.4, -0.2) is 18.1 Å². The fourth-order valence-corrected chi connectivity index (χ4v) is 3.98. The first-order valence-electron chi connectivity index (χ1n) is 9.60. The summed E-state index contributed by atoms with van der Waals surface area (Å²) in [5, 5.41) is 1.27. The third-order valence-electron chi connectivity index (χ3n) is 5.00. The van der Waals surface area contributed by atoms with Gasteiger partial charge in [0.1, 0.15) is 5.75 Å². The Kier molecular flexibility index (Phi) is 5.67. The van der Waals surface area contributed by atoms with Crippen molar-refractivity contribution in [3.05, 3.63) is 52.6 Å². The molecular formula is C23H30N2O. The van der Waals surface area contributed by atoms with Crippen molar-refractivity contribution in [2.24, 2.45) is 5.73 Å². The minimum absolute atomic E-state index is 0.682. The molecule has 3 nitrogen and oxygen atoms in total. The van der Waals surface area contributed by atoms with E-state index in [1.54, 1.807) is 0 Å². The van der Waals surface area contributed by atoms with Crippen LogP contribution in [-0.2, 0) is 6.42 Å². The van der Waals surface area contributed by atoms with E-state index < -0.39 is 0 Å². The van der Waals surface area contributed by atoms with Gasteiger partial charge >= 0.3 is 0 Å². The molecule has 0 amide bonds. The van der Waals surface area contributed by atoms with Crippen LogP contribution in [0.4, 0.5) is 0 Å². The number of ether oxygens (including phenoxy) is 1. The van der Waals surface area contributed by atoms with Gasteiger partial charge in [0.05, 0.1) is 12.3 Å². The van der Waals surface area contributed by atoms with Gasteiger partial charge in [-0.05, 0) is 88.4 Å². The number of nitrogens with one attached hydrogen (secondary N) is 1. The number of rotatable bonds is 7. The molecule has 0 atom stereocenters. The average molecular weight is 351 g/mol. The highest BCUT2D eigenvalue weighted by molar-refractivity contribution is 5.93. The zero-order chi connectivity index (χ0) is 18.7. The van der Waals surface area contributed by atoms with Crippen molar-refractivity contribution in [1.29, 1.82) is 0 Å². The van der Waals surface area contributed by atoms with Crippen LogP contribution < -0.4 is 10.5 Å². The zero-order valence-electron chi connectivity index (χ0n) is 16.4. The minimum atomic E-state index is 0.682. The van der Waals surface area contributed by atoms with Gasteiger partial charge in [0.25, 0.3) is 0 Å². The molecule has 0 saturated carbocycles. The number of benzene rings is 2. The molecule has 0 radical (unpaired) electrons. The number of fused-ring (bicyclic) bond motifs is 1. The lowest BCUT2D eigenvalue weighted by Crippen LogP contribution is -2.00. The molecule has 0 unspecified atom stereocenters. The van der Waals surface area contributed by atoms with Crippen LogP contribution in [0.5, 0.6) is 5.75 Å². The molecule has 138 valence electrons. The van der Waals surface area contributed by atoms with E-state index in [2.05, 4.69) is 50.0 Å². The second-order valence-electron chi connectivity index (χ2n) is 7.14. The van der Waals surface area contributed by atoms with E-state index in [1.165, 1.54) is 44.4 Å². The Bertz CT molecular complexity index is 885. The predicted molar refractivity (Wildman–Crippen MR) is 111 cm³/mol. The van der Waals surface area contributed by atoms with Crippen LogP contribution in [0.25, 0.3) is 22.2 Å². The summed E-state index contributed by atoms with van der Waals surface area (Å²) in [6, 6.07) is 10.9. The quantitative estimate of drug-likeness (QED) is 0.557. The molecule has 3 heteroatoms. The highest BCUT2D eigenvalue weighted by Gasteiger charge is 2.17. The molecule has 3 aromatic rings. The number of aromatic nitrogens is 1. The molecule has 3 N–H and O–H groups in total. The standard InChI is InChI=1S/C23H30N2O/c1-5-26-18-9-10-21-20(14-18)19(8-6-7-11-24)23(25-21)22-16(3)12-15(2)13-17(22)4/h9-10,12-14,25H,5-8,11,24H2,1-4H3. The number of unbranched alkanes of at least 4 members (excludes halogenated alkanes) is 1. The molecule has 0 fully saturated rings. The molecule has 0 aliphatic heterocycles. The Morgan fingerprint density at radius 3 is 2.38 bits per heavy atom. The van der Waals surface area contributed by atoms with Crippen LogP contribution >= 0.6 is 0 Å². The first kappa shape index (κ1) is 18.5. The summed E-state index contributed by atoms with van der Waals surface area (Å²) in [7, 11) is 0. The van der Waals surface area contributed by atoms with Crippen molar-refractivity contribution in [2.75, 3.05) is 13.2 Å². The zero-order valence-corrected chi connectivity index (χ0v) is 16.4. The first-order valence-corrected chi connectivity index (χ1v) is 9.60. The van der Waals surface area contributed by atoms with Crippen LogP contribution in [0.15, 0.2) is 30.3 Å². The molecule has 0 saturated heterocycles. The fourth-order valence-electron chi connectivity index (χ4n) is 3.98. The summed E-state index contributed by atoms with van der Waals surface area (Å²) in [5.74, 6) is 0.933. The average Bonchev–Trinajstić information content (AvgIpc) is 2.92. The normalized spacial score (nSPS) is 11.3. The molecule has 3 rings (SSSR count). The number of hydrogen-bond acceptors (Lipinski definition) is 2. The lowest BCUT2D eigenvalue weighted by Gasteiger charge is -2.13.